The van der Waals surface area contributed by atoms with Crippen molar-refractivity contribution in [3.63, 3.8) is 0 Å². The topological polar surface area (TPSA) is 0 Å². The molecule has 0 bridgehead atoms. The van der Waals surface area contributed by atoms with Crippen molar-refractivity contribution < 1.29 is 0 Å². The summed E-state index contributed by atoms with van der Waals surface area (Å²) in [5.41, 5.74) is 3.35. The molecule has 1 aliphatic heterocycles. The monoisotopic (exact) mass is 195 g/mol. The minimum atomic E-state index is 1.23. The molecule has 0 aliphatic carbocycles. The van der Waals surface area contributed by atoms with E-state index >= 15 is 0 Å². The fourth-order valence-corrected chi connectivity index (χ4v) is 3.56. The number of hydrogen-bond acceptors (Lipinski definition) is 0. The van der Waals surface area contributed by atoms with E-state index in [1.54, 1.807) is 23.2 Å². The summed E-state index contributed by atoms with van der Waals surface area (Å²) in [7, 11) is 1.53. The van der Waals surface area contributed by atoms with Gasteiger partial charge in [0.1, 0.15) is 0 Å². The minimum Gasteiger partial charge on any atom is -0.0648 e. The Morgan fingerprint density at radius 3 is 1.31 bits per heavy atom. The van der Waals surface area contributed by atoms with E-state index in [9.17, 15) is 0 Å². The lowest BCUT2D eigenvalue weighted by molar-refractivity contribution is 0.766. The van der Waals surface area contributed by atoms with Crippen LogP contribution in [0, 0.1) is 23.2 Å². The van der Waals surface area contributed by atoms with Crippen LogP contribution in [0.5, 0.6) is 0 Å². The van der Waals surface area contributed by atoms with Crippen LogP contribution in [0.1, 0.15) is 53.4 Å². The third-order valence-electron chi connectivity index (χ3n) is 2.71. The van der Waals surface area contributed by atoms with Crippen LogP contribution in [0.25, 0.3) is 0 Å². The largest absolute Gasteiger partial charge is 0.0648 e. The Bertz CT molecular complexity index is 128. The van der Waals surface area contributed by atoms with Gasteiger partial charge in [-0.2, -0.15) is 0 Å². The summed E-state index contributed by atoms with van der Waals surface area (Å²) in [5, 5.41) is 0. The van der Waals surface area contributed by atoms with Crippen molar-refractivity contribution in [1.82, 2.24) is 0 Å². The summed E-state index contributed by atoms with van der Waals surface area (Å²) in [4.78, 5) is 0. The lowest BCUT2D eigenvalue weighted by atomic mass is 9.82. The normalized spacial score (nSPS) is 23.1. The molecule has 0 saturated carbocycles. The van der Waals surface area contributed by atoms with E-state index < -0.39 is 0 Å². The van der Waals surface area contributed by atoms with Crippen molar-refractivity contribution >= 4 is 8.58 Å². The van der Waals surface area contributed by atoms with Gasteiger partial charge in [-0.1, -0.05) is 36.3 Å². The van der Waals surface area contributed by atoms with E-state index in [2.05, 4.69) is 27.7 Å². The first kappa shape index (κ1) is 11.5. The summed E-state index contributed by atoms with van der Waals surface area (Å²) in [5.74, 6) is 3.34. The summed E-state index contributed by atoms with van der Waals surface area (Å²) in [6, 6.07) is 0. The van der Waals surface area contributed by atoms with Crippen LogP contribution in [0.3, 0.4) is 0 Å². The van der Waals surface area contributed by atoms with Crippen LogP contribution in [-0.2, 0) is 0 Å². The van der Waals surface area contributed by atoms with Crippen molar-refractivity contribution in [2.24, 2.45) is 0 Å². The van der Waals surface area contributed by atoms with Crippen LogP contribution < -0.4 is 0 Å². The second-order valence-corrected chi connectivity index (χ2v) is 4.68. The molecule has 1 saturated heterocycles. The van der Waals surface area contributed by atoms with Gasteiger partial charge in [0, 0.05) is 11.3 Å². The van der Waals surface area contributed by atoms with Gasteiger partial charge in [-0.25, -0.2) is 0 Å². The van der Waals surface area contributed by atoms with Crippen LogP contribution in [0.15, 0.2) is 0 Å². The molecular weight excluding hydrogens is 175 g/mol. The molecule has 1 heterocycles. The molecule has 1 rings (SSSR count). The lowest BCUT2D eigenvalue weighted by Gasteiger charge is -2.21. The molecule has 13 heavy (non-hydrogen) atoms. The van der Waals surface area contributed by atoms with Gasteiger partial charge in [0.05, 0.1) is 0 Å². The second-order valence-electron chi connectivity index (χ2n) is 3.38. The van der Waals surface area contributed by atoms with E-state index in [0.717, 1.165) is 0 Å². The molecule has 0 N–H and O–H groups in total. The molecule has 1 aliphatic rings. The predicted octanol–water partition coefficient (Wildman–Crippen LogP) is 4.80. The SMILES string of the molecule is CC[C]1[P][C](CC)[C](CC)[C]1CC. The van der Waals surface area contributed by atoms with Gasteiger partial charge in [-0.05, 0) is 37.5 Å². The third kappa shape index (κ3) is 2.27. The van der Waals surface area contributed by atoms with E-state index in [0.29, 0.717) is 0 Å². The zero-order valence-electron chi connectivity index (χ0n) is 9.28. The summed E-state index contributed by atoms with van der Waals surface area (Å²) in [6.45, 7) is 9.14. The highest BCUT2D eigenvalue weighted by Crippen LogP contribution is 2.64. The van der Waals surface area contributed by atoms with E-state index in [-0.39, 0.29) is 0 Å². The molecule has 0 aromatic rings. The first-order chi connectivity index (χ1) is 6.28. The molecule has 0 atom stereocenters. The molecular formula is C12H20P. The van der Waals surface area contributed by atoms with Gasteiger partial charge in [-0.3, -0.25) is 0 Å². The maximum absolute atomic E-state index is 2.29. The van der Waals surface area contributed by atoms with Crippen LogP contribution in [-0.4, -0.2) is 0 Å². The molecule has 5 radical (unpaired) electrons. The fourth-order valence-electron chi connectivity index (χ4n) is 2.07. The van der Waals surface area contributed by atoms with E-state index in [1.165, 1.54) is 34.3 Å². The standard InChI is InChI=1S/C12H20P/c1-5-9-10(6-2)12(8-4)13-11(9)7-3/h5-8H2,1-4H3. The Hall–Kier alpha value is 0.430. The maximum atomic E-state index is 2.29. The Morgan fingerprint density at radius 2 is 1.08 bits per heavy atom. The average Bonchev–Trinajstić information content (AvgIpc) is 2.54. The van der Waals surface area contributed by atoms with Gasteiger partial charge in [0.25, 0.3) is 0 Å². The van der Waals surface area contributed by atoms with Crippen LogP contribution in [0.4, 0.5) is 0 Å². The molecule has 0 unspecified atom stereocenters. The summed E-state index contributed by atoms with van der Waals surface area (Å²) in [6.07, 6.45) is 4.92. The highest BCUT2D eigenvalue weighted by Gasteiger charge is 2.41. The third-order valence-corrected chi connectivity index (χ3v) is 4.42. The summed E-state index contributed by atoms with van der Waals surface area (Å²) < 4.78 is 0. The van der Waals surface area contributed by atoms with Crippen molar-refractivity contribution in [2.75, 3.05) is 0 Å². The quantitative estimate of drug-likeness (QED) is 0.565. The van der Waals surface area contributed by atoms with Crippen molar-refractivity contribution in [3.05, 3.63) is 23.2 Å². The predicted molar refractivity (Wildman–Crippen MR) is 61.1 cm³/mol. The van der Waals surface area contributed by atoms with Gasteiger partial charge in [0.2, 0.25) is 0 Å². The second kappa shape index (κ2) is 5.35. The van der Waals surface area contributed by atoms with Crippen LogP contribution in [0.2, 0.25) is 0 Å². The molecule has 0 spiro atoms. The Labute approximate surface area is 85.7 Å². The van der Waals surface area contributed by atoms with Crippen molar-refractivity contribution in [3.8, 4) is 0 Å². The highest BCUT2D eigenvalue weighted by molar-refractivity contribution is 7.46. The number of rotatable bonds is 4. The van der Waals surface area contributed by atoms with Gasteiger partial charge < -0.3 is 0 Å². The highest BCUT2D eigenvalue weighted by atomic mass is 31.1. The molecule has 0 aromatic carbocycles. The van der Waals surface area contributed by atoms with Gasteiger partial charge in [-0.15, -0.1) is 0 Å². The Morgan fingerprint density at radius 1 is 0.692 bits per heavy atom. The zero-order valence-corrected chi connectivity index (χ0v) is 10.2. The Kier molecular flexibility index (Phi) is 4.73. The summed E-state index contributed by atoms with van der Waals surface area (Å²) >= 11 is 0. The fraction of sp³-hybridized carbons (Fsp3) is 0.667. The molecule has 73 valence electrons. The Balaban J connectivity index is 2.65. The van der Waals surface area contributed by atoms with Gasteiger partial charge >= 0.3 is 0 Å². The zero-order chi connectivity index (χ0) is 9.84. The first-order valence-corrected chi connectivity index (χ1v) is 6.33. The molecule has 0 amide bonds. The lowest BCUT2D eigenvalue weighted by Crippen LogP contribution is -2.09. The van der Waals surface area contributed by atoms with Crippen molar-refractivity contribution in [2.45, 2.75) is 53.4 Å². The first-order valence-electron chi connectivity index (χ1n) is 5.44. The molecule has 1 heteroatoms. The van der Waals surface area contributed by atoms with Gasteiger partial charge in [0.15, 0.2) is 0 Å². The van der Waals surface area contributed by atoms with E-state index in [1.807, 2.05) is 0 Å². The molecule has 0 aromatic heterocycles. The minimum absolute atomic E-state index is 1.23. The van der Waals surface area contributed by atoms with Crippen LogP contribution >= 0.6 is 8.58 Å². The van der Waals surface area contributed by atoms with E-state index in [4.69, 9.17) is 0 Å². The smallest absolute Gasteiger partial charge is 0.0120 e. The maximum Gasteiger partial charge on any atom is 0.0120 e. The van der Waals surface area contributed by atoms with Crippen molar-refractivity contribution in [1.29, 1.82) is 0 Å². The molecule has 1 fully saturated rings. The molecule has 0 nitrogen and oxygen atoms in total. The number of hydrogen-bond donors (Lipinski definition) is 0. The average molecular weight is 195 g/mol.